The normalized spacial score (nSPS) is 27.4. The predicted molar refractivity (Wildman–Crippen MR) is 108 cm³/mol. The highest BCUT2D eigenvalue weighted by Gasteiger charge is 2.38. The van der Waals surface area contributed by atoms with Crippen LogP contribution in [0.1, 0.15) is 34.8 Å². The summed E-state index contributed by atoms with van der Waals surface area (Å²) in [6.07, 6.45) is 2.47. The van der Waals surface area contributed by atoms with Crippen LogP contribution in [-0.4, -0.2) is 30.8 Å². The molecule has 0 amide bonds. The first-order chi connectivity index (χ1) is 13.6. The van der Waals surface area contributed by atoms with Gasteiger partial charge in [-0.2, -0.15) is 0 Å². The van der Waals surface area contributed by atoms with Gasteiger partial charge in [0.25, 0.3) is 0 Å². The van der Waals surface area contributed by atoms with Crippen LogP contribution in [0.2, 0.25) is 0 Å². The number of aryl methyl sites for hydroxylation is 1. The fourth-order valence-corrected chi connectivity index (χ4v) is 4.83. The molecule has 0 radical (unpaired) electrons. The molecule has 2 aromatic rings. The number of aromatic hydroxyl groups is 1. The van der Waals surface area contributed by atoms with E-state index in [1.165, 1.54) is 12.1 Å². The molecule has 0 aliphatic carbocycles. The molecule has 150 valence electrons. The number of benzene rings is 2. The fourth-order valence-electron chi connectivity index (χ4n) is 4.83. The Labute approximate surface area is 165 Å². The Balaban J connectivity index is 1.58. The first-order valence-electron chi connectivity index (χ1n) is 10.2. The van der Waals surface area contributed by atoms with E-state index in [2.05, 4.69) is 5.32 Å². The van der Waals surface area contributed by atoms with E-state index in [4.69, 9.17) is 10.5 Å². The largest absolute Gasteiger partial charge is 0.507 e. The summed E-state index contributed by atoms with van der Waals surface area (Å²) >= 11 is 0. The third-order valence-corrected chi connectivity index (χ3v) is 6.38. The maximum atomic E-state index is 13.3. The molecule has 28 heavy (non-hydrogen) atoms. The molecule has 5 heteroatoms. The van der Waals surface area contributed by atoms with Gasteiger partial charge in [0.05, 0.1) is 12.2 Å². The van der Waals surface area contributed by atoms with E-state index in [1.807, 2.05) is 31.2 Å². The summed E-state index contributed by atoms with van der Waals surface area (Å²) in [6, 6.07) is 10.8. The minimum atomic E-state index is -0.203. The molecular weight excluding hydrogens is 355 g/mol. The van der Waals surface area contributed by atoms with Crippen LogP contribution in [0.15, 0.2) is 36.4 Å². The molecule has 2 heterocycles. The molecule has 4 nitrogen and oxygen atoms in total. The Morgan fingerprint density at radius 2 is 2.00 bits per heavy atom. The highest BCUT2D eigenvalue weighted by Crippen LogP contribution is 2.41. The van der Waals surface area contributed by atoms with Crippen molar-refractivity contribution in [2.75, 3.05) is 19.6 Å². The minimum Gasteiger partial charge on any atom is -0.507 e. The molecule has 0 aromatic heterocycles. The van der Waals surface area contributed by atoms with E-state index in [0.717, 1.165) is 48.2 Å². The molecular formula is C23H29FN2O2. The predicted octanol–water partition coefficient (Wildman–Crippen LogP) is 3.25. The molecule has 1 saturated heterocycles. The van der Waals surface area contributed by atoms with Crippen molar-refractivity contribution in [2.24, 2.45) is 17.6 Å². The van der Waals surface area contributed by atoms with Gasteiger partial charge in [-0.1, -0.05) is 24.3 Å². The van der Waals surface area contributed by atoms with Crippen LogP contribution >= 0.6 is 0 Å². The Kier molecular flexibility index (Phi) is 5.67. The van der Waals surface area contributed by atoms with Crippen molar-refractivity contribution in [3.8, 4) is 5.75 Å². The minimum absolute atomic E-state index is 0.0290. The number of phenols is 1. The lowest BCUT2D eigenvalue weighted by Gasteiger charge is -2.42. The van der Waals surface area contributed by atoms with Crippen LogP contribution in [-0.2, 0) is 17.6 Å². The average molecular weight is 384 g/mol. The first kappa shape index (κ1) is 19.4. The van der Waals surface area contributed by atoms with Gasteiger partial charge in [0.2, 0.25) is 0 Å². The van der Waals surface area contributed by atoms with Crippen molar-refractivity contribution in [1.29, 1.82) is 0 Å². The summed E-state index contributed by atoms with van der Waals surface area (Å²) in [5.74, 6) is 0.948. The van der Waals surface area contributed by atoms with Crippen LogP contribution in [0.5, 0.6) is 5.75 Å². The quantitative estimate of drug-likeness (QED) is 0.757. The number of ether oxygens (including phenoxy) is 1. The lowest BCUT2D eigenvalue weighted by atomic mass is 9.75. The van der Waals surface area contributed by atoms with Crippen molar-refractivity contribution in [2.45, 2.75) is 38.4 Å². The molecule has 2 aromatic carbocycles. The van der Waals surface area contributed by atoms with E-state index >= 15 is 0 Å². The standard InChI is InChI=1S/C23H29FN2O2/c1-14-2-7-19-20(23(14)27)11-21(28-22(19)12-25)18-8-9-26-13-16(18)10-15-3-5-17(24)6-4-15/h2-7,16,18,21-22,26-27H,8-13,25H2,1H3. The van der Waals surface area contributed by atoms with Crippen molar-refractivity contribution in [1.82, 2.24) is 5.32 Å². The highest BCUT2D eigenvalue weighted by molar-refractivity contribution is 5.47. The molecule has 4 unspecified atom stereocenters. The Morgan fingerprint density at radius 1 is 1.21 bits per heavy atom. The van der Waals surface area contributed by atoms with Gasteiger partial charge in [0, 0.05) is 18.5 Å². The Morgan fingerprint density at radius 3 is 2.75 bits per heavy atom. The van der Waals surface area contributed by atoms with E-state index in [1.54, 1.807) is 0 Å². The van der Waals surface area contributed by atoms with Gasteiger partial charge in [0.15, 0.2) is 0 Å². The van der Waals surface area contributed by atoms with Crippen molar-refractivity contribution in [3.05, 3.63) is 64.5 Å². The molecule has 2 aliphatic heterocycles. The second-order valence-corrected chi connectivity index (χ2v) is 8.15. The van der Waals surface area contributed by atoms with E-state index in [9.17, 15) is 9.50 Å². The van der Waals surface area contributed by atoms with Crippen molar-refractivity contribution >= 4 is 0 Å². The average Bonchev–Trinajstić information content (AvgIpc) is 2.72. The Bertz CT molecular complexity index is 824. The van der Waals surface area contributed by atoms with Crippen LogP contribution in [0.25, 0.3) is 0 Å². The highest BCUT2D eigenvalue weighted by atomic mass is 19.1. The molecule has 2 aliphatic rings. The van der Waals surface area contributed by atoms with Crippen LogP contribution in [0.4, 0.5) is 4.39 Å². The summed E-state index contributed by atoms with van der Waals surface area (Å²) in [4.78, 5) is 0. The van der Waals surface area contributed by atoms with Gasteiger partial charge in [-0.05, 0) is 73.5 Å². The SMILES string of the molecule is Cc1ccc2c(c1O)CC(C1CCNCC1Cc1ccc(F)cc1)OC2CN. The van der Waals surface area contributed by atoms with Gasteiger partial charge >= 0.3 is 0 Å². The number of nitrogens with two attached hydrogens (primary N) is 1. The molecule has 4 rings (SSSR count). The van der Waals surface area contributed by atoms with Crippen LogP contribution in [0.3, 0.4) is 0 Å². The number of phenolic OH excluding ortho intramolecular Hbond substituents is 1. The lowest BCUT2D eigenvalue weighted by molar-refractivity contribution is -0.0714. The van der Waals surface area contributed by atoms with Crippen molar-refractivity contribution in [3.63, 3.8) is 0 Å². The van der Waals surface area contributed by atoms with Gasteiger partial charge in [-0.25, -0.2) is 4.39 Å². The third-order valence-electron chi connectivity index (χ3n) is 6.38. The van der Waals surface area contributed by atoms with Crippen molar-refractivity contribution < 1.29 is 14.2 Å². The van der Waals surface area contributed by atoms with Gasteiger partial charge < -0.3 is 20.9 Å². The summed E-state index contributed by atoms with van der Waals surface area (Å²) in [5, 5.41) is 14.2. The Hall–Kier alpha value is -1.95. The molecule has 1 fully saturated rings. The summed E-state index contributed by atoms with van der Waals surface area (Å²) in [5.41, 5.74) is 10.1. The number of nitrogens with one attached hydrogen (secondary N) is 1. The summed E-state index contributed by atoms with van der Waals surface area (Å²) < 4.78 is 19.7. The van der Waals surface area contributed by atoms with E-state index in [0.29, 0.717) is 30.6 Å². The smallest absolute Gasteiger partial charge is 0.123 e. The van der Waals surface area contributed by atoms with E-state index < -0.39 is 0 Å². The zero-order valence-electron chi connectivity index (χ0n) is 16.3. The van der Waals surface area contributed by atoms with E-state index in [-0.39, 0.29) is 18.0 Å². The summed E-state index contributed by atoms with van der Waals surface area (Å²) in [7, 11) is 0. The zero-order valence-corrected chi connectivity index (χ0v) is 16.3. The zero-order chi connectivity index (χ0) is 19.7. The van der Waals surface area contributed by atoms with Gasteiger partial charge in [-0.3, -0.25) is 0 Å². The summed E-state index contributed by atoms with van der Waals surface area (Å²) in [6.45, 7) is 4.21. The third kappa shape index (κ3) is 3.79. The maximum absolute atomic E-state index is 13.3. The van der Waals surface area contributed by atoms with Gasteiger partial charge in [0.1, 0.15) is 11.6 Å². The number of hydrogen-bond acceptors (Lipinski definition) is 4. The van der Waals surface area contributed by atoms with Crippen LogP contribution in [0, 0.1) is 24.6 Å². The maximum Gasteiger partial charge on any atom is 0.123 e. The molecule has 0 bridgehead atoms. The molecule has 0 spiro atoms. The second-order valence-electron chi connectivity index (χ2n) is 8.15. The number of piperidine rings is 1. The number of fused-ring (bicyclic) bond motifs is 1. The van der Waals surface area contributed by atoms with Gasteiger partial charge in [-0.15, -0.1) is 0 Å². The molecule has 4 atom stereocenters. The van der Waals surface area contributed by atoms with Crippen LogP contribution < -0.4 is 11.1 Å². The number of halogens is 1. The number of hydrogen-bond donors (Lipinski definition) is 3. The monoisotopic (exact) mass is 384 g/mol. The second kappa shape index (κ2) is 8.19. The molecule has 4 N–H and O–H groups in total. The molecule has 0 saturated carbocycles. The topological polar surface area (TPSA) is 67.5 Å². The fraction of sp³-hybridized carbons (Fsp3) is 0.478. The first-order valence-corrected chi connectivity index (χ1v) is 10.2. The lowest BCUT2D eigenvalue weighted by Crippen LogP contribution is -2.46. The number of rotatable bonds is 4.